The summed E-state index contributed by atoms with van der Waals surface area (Å²) in [7, 11) is 0. The predicted octanol–water partition coefficient (Wildman–Crippen LogP) is 18.1. The van der Waals surface area contributed by atoms with Crippen LogP contribution >= 0.6 is 0 Å². The molecule has 2 aliphatic carbocycles. The van der Waals surface area contributed by atoms with Crippen LogP contribution in [0.2, 0.25) is 0 Å². The summed E-state index contributed by atoms with van der Waals surface area (Å²) < 4.78 is 0. The normalized spacial score (nSPS) is 17.3. The number of aryl methyl sites for hydroxylation is 1. The van der Waals surface area contributed by atoms with Crippen molar-refractivity contribution in [2.24, 2.45) is 0 Å². The van der Waals surface area contributed by atoms with Gasteiger partial charge in [0.25, 0.3) is 6.71 Å². The molecule has 0 saturated heterocycles. The van der Waals surface area contributed by atoms with Crippen LogP contribution in [-0.4, -0.2) is 6.71 Å². The lowest BCUT2D eigenvalue weighted by Gasteiger charge is -2.47. The maximum Gasteiger partial charge on any atom is 0.252 e. The topological polar surface area (TPSA) is 9.72 Å². The molecular formula is C72H78BN3. The third kappa shape index (κ3) is 7.98. The molecule has 2 aliphatic heterocycles. The van der Waals surface area contributed by atoms with E-state index in [9.17, 15) is 0 Å². The Balaban J connectivity index is 1.24. The average molecular weight is 996 g/mol. The first-order valence-corrected chi connectivity index (χ1v) is 28.2. The lowest BCUT2D eigenvalue weighted by atomic mass is 9.33. The summed E-state index contributed by atoms with van der Waals surface area (Å²) in [6.07, 6.45) is 3.42. The summed E-state index contributed by atoms with van der Waals surface area (Å²) >= 11 is 0. The highest BCUT2D eigenvalue weighted by Crippen LogP contribution is 2.56. The second-order valence-corrected chi connectivity index (χ2v) is 27.7. The lowest BCUT2D eigenvalue weighted by molar-refractivity contribution is 0.332. The molecule has 76 heavy (non-hydrogen) atoms. The van der Waals surface area contributed by atoms with Crippen LogP contribution in [-0.2, 0) is 32.5 Å². The number of fused-ring (bicyclic) bond motifs is 6. The van der Waals surface area contributed by atoms with Gasteiger partial charge in [0.1, 0.15) is 0 Å². The fraction of sp³-hybridized carbons (Fsp3) is 0.333. The van der Waals surface area contributed by atoms with Gasteiger partial charge in [0.05, 0.1) is 5.69 Å². The first-order chi connectivity index (χ1) is 35.8. The number of hydrogen-bond acceptors (Lipinski definition) is 3. The van der Waals surface area contributed by atoms with E-state index < -0.39 is 0 Å². The molecule has 384 valence electrons. The molecule has 4 aliphatic rings. The van der Waals surface area contributed by atoms with E-state index in [1.165, 1.54) is 107 Å². The molecule has 8 aromatic carbocycles. The van der Waals surface area contributed by atoms with Gasteiger partial charge in [-0.2, -0.15) is 0 Å². The molecule has 0 N–H and O–H groups in total. The Morgan fingerprint density at radius 3 is 1.45 bits per heavy atom. The average Bonchev–Trinajstić information content (AvgIpc) is 3.65. The van der Waals surface area contributed by atoms with Crippen molar-refractivity contribution in [1.82, 2.24) is 0 Å². The van der Waals surface area contributed by atoms with Crippen LogP contribution in [0.15, 0.2) is 164 Å². The Kier molecular flexibility index (Phi) is 11.3. The monoisotopic (exact) mass is 996 g/mol. The summed E-state index contributed by atoms with van der Waals surface area (Å²) in [5.74, 6) is 0. The van der Waals surface area contributed by atoms with Gasteiger partial charge in [-0.3, -0.25) is 0 Å². The molecule has 4 heteroatoms. The number of hydrogen-bond donors (Lipinski definition) is 0. The van der Waals surface area contributed by atoms with Crippen molar-refractivity contribution in [2.45, 2.75) is 156 Å². The summed E-state index contributed by atoms with van der Waals surface area (Å²) in [4.78, 5) is 7.87. The van der Waals surface area contributed by atoms with Gasteiger partial charge in [-0.05, 0) is 198 Å². The molecule has 0 spiro atoms. The number of rotatable bonds is 6. The molecule has 8 aromatic rings. The van der Waals surface area contributed by atoms with Gasteiger partial charge < -0.3 is 14.7 Å². The highest BCUT2D eigenvalue weighted by molar-refractivity contribution is 7.00. The quantitative estimate of drug-likeness (QED) is 0.154. The van der Waals surface area contributed by atoms with Gasteiger partial charge in [-0.15, -0.1) is 0 Å². The van der Waals surface area contributed by atoms with Crippen LogP contribution in [0.25, 0.3) is 11.1 Å². The SMILES string of the molecule is Cc1cc2c(cc1N1c3ccc(N(c4ccccc4)c4ccccc4)cc3B3c4cc5c(cc4N(c4ccc(C(C)(C)C)cc4-c4ccccc4)c4cc(C(C)(C)C)cc1c43)C(C)(C)CC5(C)C)C(C)(C)CCC2(C)C. The molecule has 0 saturated carbocycles. The lowest BCUT2D eigenvalue weighted by Crippen LogP contribution is -2.62. The fourth-order valence-electron chi connectivity index (χ4n) is 14.1. The molecule has 12 rings (SSSR count). The molecule has 0 atom stereocenters. The standard InChI is InChI=1S/C72H78BN3/c1-46-37-54-56(70(10,11)36-35-69(54,8)9)43-62(46)76-61-34-32-52(74(50-27-21-17-22-28-50)51-29-23-18-24-30-51)41-58(61)73-59-42-55-57(72(14,15)45-71(55,12)13)44-63(59)75(64-39-49(68(5,6)7)40-65(76)66(64)73)60-33-31-48(67(2,3)4)38-53(60)47-25-19-16-20-26-47/h16-34,37-44H,35-36,45H2,1-15H3. The zero-order valence-corrected chi connectivity index (χ0v) is 48.1. The minimum atomic E-state index is -0.159. The highest BCUT2D eigenvalue weighted by atomic mass is 15.2. The Hall–Kier alpha value is -6.78. The van der Waals surface area contributed by atoms with E-state index >= 15 is 0 Å². The third-order valence-corrected chi connectivity index (χ3v) is 18.3. The minimum Gasteiger partial charge on any atom is -0.311 e. The van der Waals surface area contributed by atoms with Crippen molar-refractivity contribution in [1.29, 1.82) is 0 Å². The Morgan fingerprint density at radius 1 is 0.408 bits per heavy atom. The molecule has 0 amide bonds. The van der Waals surface area contributed by atoms with Gasteiger partial charge in [0.15, 0.2) is 0 Å². The predicted molar refractivity (Wildman–Crippen MR) is 329 cm³/mol. The van der Waals surface area contributed by atoms with Gasteiger partial charge in [0.2, 0.25) is 0 Å². The number of anilines is 9. The van der Waals surface area contributed by atoms with E-state index in [-0.39, 0.29) is 39.2 Å². The summed E-state index contributed by atoms with van der Waals surface area (Å²) in [6.45, 7) is 36.3. The van der Waals surface area contributed by atoms with E-state index in [4.69, 9.17) is 0 Å². The van der Waals surface area contributed by atoms with E-state index in [1.54, 1.807) is 0 Å². The van der Waals surface area contributed by atoms with Crippen molar-refractivity contribution >= 4 is 74.3 Å². The smallest absolute Gasteiger partial charge is 0.252 e. The third-order valence-electron chi connectivity index (χ3n) is 18.3. The molecule has 0 radical (unpaired) electrons. The van der Waals surface area contributed by atoms with Crippen molar-refractivity contribution in [3.8, 4) is 11.1 Å². The Morgan fingerprint density at radius 2 is 0.882 bits per heavy atom. The van der Waals surface area contributed by atoms with Gasteiger partial charge in [0, 0.05) is 51.1 Å². The second kappa shape index (κ2) is 17.1. The highest BCUT2D eigenvalue weighted by Gasteiger charge is 2.49. The molecule has 3 nitrogen and oxygen atoms in total. The van der Waals surface area contributed by atoms with E-state index in [0.29, 0.717) is 0 Å². The van der Waals surface area contributed by atoms with E-state index in [1.807, 2.05) is 0 Å². The van der Waals surface area contributed by atoms with Crippen LogP contribution in [0.4, 0.5) is 51.2 Å². The number of benzene rings is 8. The first kappa shape index (κ1) is 50.1. The summed E-state index contributed by atoms with van der Waals surface area (Å²) in [5.41, 5.74) is 27.3. The largest absolute Gasteiger partial charge is 0.311 e. The molecule has 0 bridgehead atoms. The molecule has 2 heterocycles. The van der Waals surface area contributed by atoms with Crippen LogP contribution in [0, 0.1) is 6.92 Å². The molecule has 0 aromatic heterocycles. The van der Waals surface area contributed by atoms with Crippen LogP contribution in [0.3, 0.4) is 0 Å². The van der Waals surface area contributed by atoms with Crippen LogP contribution in [0.1, 0.15) is 155 Å². The Labute approximate surface area is 456 Å². The molecule has 0 unspecified atom stereocenters. The zero-order valence-electron chi connectivity index (χ0n) is 48.1. The Bertz CT molecular complexity index is 3570. The van der Waals surface area contributed by atoms with Gasteiger partial charge >= 0.3 is 0 Å². The van der Waals surface area contributed by atoms with E-state index in [2.05, 4.69) is 282 Å². The minimum absolute atomic E-state index is 0.00886. The van der Waals surface area contributed by atoms with Crippen LogP contribution in [0.5, 0.6) is 0 Å². The summed E-state index contributed by atoms with van der Waals surface area (Å²) in [5, 5.41) is 0. The maximum atomic E-state index is 2.72. The second-order valence-electron chi connectivity index (χ2n) is 27.7. The van der Waals surface area contributed by atoms with Crippen molar-refractivity contribution < 1.29 is 0 Å². The number of nitrogens with zero attached hydrogens (tertiary/aromatic N) is 3. The van der Waals surface area contributed by atoms with E-state index in [0.717, 1.165) is 29.9 Å². The summed E-state index contributed by atoms with van der Waals surface area (Å²) in [6, 6.07) is 63.5. The van der Waals surface area contributed by atoms with Crippen LogP contribution < -0.4 is 31.1 Å². The van der Waals surface area contributed by atoms with Crippen molar-refractivity contribution in [3.63, 3.8) is 0 Å². The maximum absolute atomic E-state index is 2.72. The first-order valence-electron chi connectivity index (χ1n) is 28.2. The van der Waals surface area contributed by atoms with Gasteiger partial charge in [-0.1, -0.05) is 182 Å². The molecule has 0 fully saturated rings. The molecular weight excluding hydrogens is 918 g/mol. The fourth-order valence-corrected chi connectivity index (χ4v) is 14.1. The van der Waals surface area contributed by atoms with Crippen molar-refractivity contribution in [3.05, 3.63) is 203 Å². The van der Waals surface area contributed by atoms with Gasteiger partial charge in [-0.25, -0.2) is 0 Å². The zero-order chi connectivity index (χ0) is 53.6. The van der Waals surface area contributed by atoms with Crippen molar-refractivity contribution in [2.75, 3.05) is 14.7 Å². The number of para-hydroxylation sites is 2.